The second-order valence-electron chi connectivity index (χ2n) is 10.6. The van der Waals surface area contributed by atoms with E-state index in [4.69, 9.17) is 30.5 Å². The Bertz CT molecular complexity index is 1460. The molecule has 0 spiro atoms. The van der Waals surface area contributed by atoms with E-state index in [1.807, 2.05) is 42.5 Å². The molecule has 5 rings (SSSR count). The monoisotopic (exact) mass is 606 g/mol. The number of carbonyl (C=O) groups excluding carboxylic acids is 2. The highest BCUT2D eigenvalue weighted by Gasteiger charge is 2.34. The van der Waals surface area contributed by atoms with Gasteiger partial charge in [-0.2, -0.15) is 0 Å². The molecule has 226 valence electrons. The molecule has 0 radical (unpaired) electrons. The Morgan fingerprint density at radius 2 is 1.98 bits per heavy atom. The summed E-state index contributed by atoms with van der Waals surface area (Å²) in [6, 6.07) is 11.2. The number of nitrogens with zero attached hydrogens (tertiary/aromatic N) is 2. The molecule has 9 nitrogen and oxygen atoms in total. The highest BCUT2D eigenvalue weighted by Crippen LogP contribution is 2.38. The SMILES string of the molecule is CCOC(=O)OC(C)OC(=O)C1C=CC=C2Oc3ncccc3C(=CCCN3CCC(O)(c4ccc(Cl)cc4)CC3)C=C21. The van der Waals surface area contributed by atoms with Crippen LogP contribution in [0.1, 0.15) is 44.2 Å². The molecule has 0 bridgehead atoms. The molecule has 2 atom stereocenters. The van der Waals surface area contributed by atoms with Gasteiger partial charge >= 0.3 is 12.1 Å². The van der Waals surface area contributed by atoms with Gasteiger partial charge in [0.05, 0.1) is 12.2 Å². The Kier molecular flexibility index (Phi) is 9.65. The van der Waals surface area contributed by atoms with Crippen molar-refractivity contribution < 1.29 is 33.6 Å². The van der Waals surface area contributed by atoms with Gasteiger partial charge in [-0.05, 0) is 73.7 Å². The van der Waals surface area contributed by atoms with Gasteiger partial charge in [-0.15, -0.1) is 0 Å². The molecule has 1 saturated heterocycles. The van der Waals surface area contributed by atoms with E-state index in [1.54, 1.807) is 31.3 Å². The molecule has 1 fully saturated rings. The van der Waals surface area contributed by atoms with Crippen molar-refractivity contribution in [1.29, 1.82) is 0 Å². The van der Waals surface area contributed by atoms with E-state index in [-0.39, 0.29) is 6.61 Å². The average molecular weight is 607 g/mol. The minimum Gasteiger partial charge on any atom is -0.438 e. The number of rotatable bonds is 8. The highest BCUT2D eigenvalue weighted by atomic mass is 35.5. The number of benzene rings is 1. The predicted molar refractivity (Wildman–Crippen MR) is 161 cm³/mol. The summed E-state index contributed by atoms with van der Waals surface area (Å²) in [6.45, 7) is 5.60. The molecule has 3 aliphatic rings. The number of hydrogen-bond acceptors (Lipinski definition) is 9. The number of allylic oxidation sites excluding steroid dienone is 5. The second kappa shape index (κ2) is 13.6. The van der Waals surface area contributed by atoms with Crippen LogP contribution in [0.3, 0.4) is 0 Å². The van der Waals surface area contributed by atoms with Crippen molar-refractivity contribution in [2.45, 2.75) is 45.0 Å². The molecule has 2 unspecified atom stereocenters. The van der Waals surface area contributed by atoms with E-state index in [1.165, 1.54) is 6.92 Å². The summed E-state index contributed by atoms with van der Waals surface area (Å²) in [5, 5.41) is 11.9. The summed E-state index contributed by atoms with van der Waals surface area (Å²) in [5.41, 5.74) is 2.35. The summed E-state index contributed by atoms with van der Waals surface area (Å²) in [6.07, 6.45) is 10.9. The molecule has 1 aliphatic carbocycles. The third-order valence-corrected chi connectivity index (χ3v) is 7.96. The van der Waals surface area contributed by atoms with Crippen LogP contribution in [0.4, 0.5) is 4.79 Å². The number of esters is 1. The quantitative estimate of drug-likeness (QED) is 0.288. The lowest BCUT2D eigenvalue weighted by Gasteiger charge is -2.38. The summed E-state index contributed by atoms with van der Waals surface area (Å²) in [4.78, 5) is 31.6. The number of likely N-dealkylation sites (tertiary alicyclic amines) is 1. The fourth-order valence-corrected chi connectivity index (χ4v) is 5.55. The Morgan fingerprint density at radius 3 is 2.72 bits per heavy atom. The first kappa shape index (κ1) is 30.5. The van der Waals surface area contributed by atoms with E-state index < -0.39 is 29.9 Å². The van der Waals surface area contributed by atoms with Crippen molar-refractivity contribution >= 4 is 29.3 Å². The zero-order valence-corrected chi connectivity index (χ0v) is 25.0. The number of aromatic nitrogens is 1. The molecular formula is C33H35ClN2O7. The van der Waals surface area contributed by atoms with Crippen molar-refractivity contribution in [1.82, 2.24) is 9.88 Å². The van der Waals surface area contributed by atoms with Crippen molar-refractivity contribution in [3.63, 3.8) is 0 Å². The third-order valence-electron chi connectivity index (χ3n) is 7.71. The predicted octanol–water partition coefficient (Wildman–Crippen LogP) is 5.94. The number of carbonyl (C=O) groups is 2. The van der Waals surface area contributed by atoms with Crippen LogP contribution in [0.5, 0.6) is 5.88 Å². The van der Waals surface area contributed by atoms with Crippen LogP contribution >= 0.6 is 11.6 Å². The van der Waals surface area contributed by atoms with E-state index in [0.29, 0.717) is 35.1 Å². The van der Waals surface area contributed by atoms with Crippen molar-refractivity contribution in [2.24, 2.45) is 5.92 Å². The Hall–Kier alpha value is -3.92. The molecule has 0 amide bonds. The van der Waals surface area contributed by atoms with Gasteiger partial charge in [-0.25, -0.2) is 9.78 Å². The van der Waals surface area contributed by atoms with Crippen LogP contribution in [0, 0.1) is 5.92 Å². The average Bonchev–Trinajstić information content (AvgIpc) is 3.15. The Labute approximate surface area is 256 Å². The van der Waals surface area contributed by atoms with E-state index in [2.05, 4.69) is 16.0 Å². The molecule has 1 aromatic carbocycles. The summed E-state index contributed by atoms with van der Waals surface area (Å²) < 4.78 is 21.4. The number of ether oxygens (including phenoxy) is 4. The topological polar surface area (TPSA) is 107 Å². The lowest BCUT2D eigenvalue weighted by Crippen LogP contribution is -2.42. The number of pyridine rings is 1. The van der Waals surface area contributed by atoms with Gasteiger partial charge in [-0.3, -0.25) is 4.79 Å². The fraction of sp³-hybridized carbons (Fsp3) is 0.364. The minimum atomic E-state index is -1.13. The van der Waals surface area contributed by atoms with E-state index in [0.717, 1.165) is 42.8 Å². The van der Waals surface area contributed by atoms with Crippen molar-refractivity contribution in [3.05, 3.63) is 100 Å². The van der Waals surface area contributed by atoms with Crippen LogP contribution in [0.2, 0.25) is 5.02 Å². The van der Waals surface area contributed by atoms with Crippen LogP contribution in [0.25, 0.3) is 5.57 Å². The maximum atomic E-state index is 13.2. The number of piperidine rings is 1. The maximum Gasteiger partial charge on any atom is 0.511 e. The molecule has 10 heteroatoms. The van der Waals surface area contributed by atoms with Gasteiger partial charge in [0.2, 0.25) is 12.2 Å². The first-order valence-electron chi connectivity index (χ1n) is 14.4. The molecule has 3 heterocycles. The van der Waals surface area contributed by atoms with Crippen LogP contribution < -0.4 is 4.74 Å². The van der Waals surface area contributed by atoms with Gasteiger partial charge in [0.15, 0.2) is 0 Å². The van der Waals surface area contributed by atoms with Gasteiger partial charge in [0.1, 0.15) is 11.7 Å². The van der Waals surface area contributed by atoms with Gasteiger partial charge in [-0.1, -0.05) is 42.0 Å². The molecular weight excluding hydrogens is 572 g/mol. The lowest BCUT2D eigenvalue weighted by molar-refractivity contribution is -0.169. The second-order valence-corrected chi connectivity index (χ2v) is 11.0. The normalized spacial score (nSPS) is 20.8. The lowest BCUT2D eigenvalue weighted by atomic mass is 9.84. The van der Waals surface area contributed by atoms with E-state index in [9.17, 15) is 14.7 Å². The smallest absolute Gasteiger partial charge is 0.438 e. The summed E-state index contributed by atoms with van der Waals surface area (Å²) >= 11 is 6.03. The van der Waals surface area contributed by atoms with E-state index >= 15 is 0 Å². The largest absolute Gasteiger partial charge is 0.511 e. The van der Waals surface area contributed by atoms with Crippen LogP contribution in [0.15, 0.2) is 84.3 Å². The molecule has 2 aromatic rings. The van der Waals surface area contributed by atoms with Crippen molar-refractivity contribution in [3.8, 4) is 5.88 Å². The van der Waals surface area contributed by atoms with Crippen LogP contribution in [-0.4, -0.2) is 59.6 Å². The zero-order chi connectivity index (χ0) is 30.4. The van der Waals surface area contributed by atoms with Gasteiger partial charge in [0.25, 0.3) is 0 Å². The Balaban J connectivity index is 1.29. The molecule has 1 N–H and O–H groups in total. The molecule has 43 heavy (non-hydrogen) atoms. The summed E-state index contributed by atoms with van der Waals surface area (Å²) in [7, 11) is 0. The molecule has 1 aromatic heterocycles. The standard InChI is InChI=1S/C33H35ClN2O7/c1-3-40-32(38)42-22(2)41-31(37)27-8-4-10-29-28(27)21-23(26-9-5-17-35-30(26)43-29)7-6-18-36-19-15-33(39,16-20-36)24-11-13-25(34)14-12-24/h4-5,7-14,17,21-22,27,39H,3,6,15-16,18-20H2,1-2H3. The first-order valence-corrected chi connectivity index (χ1v) is 14.8. The number of fused-ring (bicyclic) bond motifs is 2. The maximum absolute atomic E-state index is 13.2. The minimum absolute atomic E-state index is 0.149. The van der Waals surface area contributed by atoms with Gasteiger partial charge in [0, 0.05) is 48.9 Å². The number of hydrogen-bond donors (Lipinski definition) is 1. The fourth-order valence-electron chi connectivity index (χ4n) is 5.42. The van der Waals surface area contributed by atoms with Crippen molar-refractivity contribution in [2.75, 3.05) is 26.2 Å². The Morgan fingerprint density at radius 1 is 1.21 bits per heavy atom. The summed E-state index contributed by atoms with van der Waals surface area (Å²) in [5.74, 6) is -0.435. The first-order chi connectivity index (χ1) is 20.8. The van der Waals surface area contributed by atoms with Gasteiger partial charge < -0.3 is 29.0 Å². The highest BCUT2D eigenvalue weighted by molar-refractivity contribution is 6.30. The third kappa shape index (κ3) is 7.36. The number of aliphatic hydroxyl groups is 1. The van der Waals surface area contributed by atoms with Crippen LogP contribution in [-0.2, 0) is 24.6 Å². The molecule has 2 aliphatic heterocycles. The molecule has 0 saturated carbocycles. The zero-order valence-electron chi connectivity index (χ0n) is 24.2. The number of halogens is 1.